The number of carbonyl (C=O) groups excluding carboxylic acids is 1. The maximum atomic E-state index is 14.3. The largest absolute Gasteiger partial charge is 0.318 e. The van der Waals surface area contributed by atoms with Gasteiger partial charge in [0.1, 0.15) is 17.8 Å². The van der Waals surface area contributed by atoms with Crippen molar-refractivity contribution >= 4 is 34.3 Å². The molecule has 2 aromatic heterocycles. The van der Waals surface area contributed by atoms with Gasteiger partial charge < -0.3 is 9.88 Å². The highest BCUT2D eigenvalue weighted by molar-refractivity contribution is 7.99. The number of fused-ring (bicyclic) bond motifs is 1. The van der Waals surface area contributed by atoms with Crippen LogP contribution in [0.3, 0.4) is 0 Å². The summed E-state index contributed by atoms with van der Waals surface area (Å²) in [6.45, 7) is 1.99. The summed E-state index contributed by atoms with van der Waals surface area (Å²) in [7, 11) is 1.86. The first-order valence-corrected chi connectivity index (χ1v) is 9.86. The van der Waals surface area contributed by atoms with Gasteiger partial charge in [0.15, 0.2) is 5.16 Å². The number of rotatable bonds is 5. The summed E-state index contributed by atoms with van der Waals surface area (Å²) >= 11 is 1.50. The molecule has 8 heteroatoms. The molecule has 0 spiro atoms. The predicted octanol–water partition coefficient (Wildman–Crippen LogP) is 4.61. The van der Waals surface area contributed by atoms with E-state index in [0.717, 1.165) is 16.1 Å². The normalized spacial score (nSPS) is 12.1. The maximum absolute atomic E-state index is 14.3. The Labute approximate surface area is 171 Å². The summed E-state index contributed by atoms with van der Waals surface area (Å²) in [5.41, 5.74) is 1.92. The molecule has 2 aromatic carbocycles. The third kappa shape index (κ3) is 4.12. The predicted molar refractivity (Wildman–Crippen MR) is 111 cm³/mol. The number of carbonyl (C=O) groups is 1. The lowest BCUT2D eigenvalue weighted by Crippen LogP contribution is -2.15. The van der Waals surface area contributed by atoms with Crippen LogP contribution in [0.15, 0.2) is 66.1 Å². The minimum absolute atomic E-state index is 0.00653. The van der Waals surface area contributed by atoms with Crippen LogP contribution in [0.4, 0.5) is 10.1 Å². The van der Waals surface area contributed by atoms with Gasteiger partial charge in [-0.2, -0.15) is 0 Å². The van der Waals surface area contributed by atoms with Gasteiger partial charge in [0.25, 0.3) is 5.91 Å². The fourth-order valence-electron chi connectivity index (χ4n) is 2.88. The van der Waals surface area contributed by atoms with Crippen LogP contribution in [-0.2, 0) is 7.05 Å². The molecule has 29 heavy (non-hydrogen) atoms. The third-order valence-corrected chi connectivity index (χ3v) is 5.70. The second kappa shape index (κ2) is 8.00. The van der Waals surface area contributed by atoms with Crippen LogP contribution in [0.25, 0.3) is 10.9 Å². The van der Waals surface area contributed by atoms with Crippen LogP contribution in [0, 0.1) is 5.82 Å². The highest BCUT2D eigenvalue weighted by atomic mass is 32.2. The Kier molecular flexibility index (Phi) is 5.26. The van der Waals surface area contributed by atoms with Crippen molar-refractivity contribution < 1.29 is 9.18 Å². The molecule has 0 fully saturated rings. The van der Waals surface area contributed by atoms with E-state index < -0.39 is 11.7 Å². The number of para-hydroxylation sites is 1. The van der Waals surface area contributed by atoms with Gasteiger partial charge >= 0.3 is 0 Å². The molecule has 0 aliphatic rings. The fraction of sp³-hybridized carbons (Fsp3) is 0.143. The lowest BCUT2D eigenvalue weighted by molar-refractivity contribution is 0.102. The minimum atomic E-state index is -0.501. The van der Waals surface area contributed by atoms with E-state index in [1.165, 1.54) is 17.8 Å². The molecule has 0 saturated carbocycles. The quantitative estimate of drug-likeness (QED) is 0.489. The zero-order valence-corrected chi connectivity index (χ0v) is 16.7. The van der Waals surface area contributed by atoms with Crippen molar-refractivity contribution in [1.82, 2.24) is 19.7 Å². The van der Waals surface area contributed by atoms with E-state index in [1.807, 2.05) is 48.9 Å². The Bertz CT molecular complexity index is 1190. The summed E-state index contributed by atoms with van der Waals surface area (Å²) in [4.78, 5) is 17.0. The molecule has 0 unspecified atom stereocenters. The summed E-state index contributed by atoms with van der Waals surface area (Å²) in [6.07, 6.45) is 1.63. The number of nitrogens with one attached hydrogen (secondary N) is 1. The van der Waals surface area contributed by atoms with E-state index in [9.17, 15) is 9.18 Å². The molecule has 1 amide bonds. The van der Waals surface area contributed by atoms with Crippen LogP contribution in [0.2, 0.25) is 0 Å². The molecule has 0 saturated heterocycles. The number of benzene rings is 2. The van der Waals surface area contributed by atoms with Gasteiger partial charge in [-0.1, -0.05) is 42.1 Å². The lowest BCUT2D eigenvalue weighted by Gasteiger charge is -2.13. The van der Waals surface area contributed by atoms with Gasteiger partial charge in [0.2, 0.25) is 0 Å². The molecule has 4 rings (SSSR count). The second-order valence-electron chi connectivity index (χ2n) is 6.57. The number of halogens is 1. The Balaban J connectivity index is 1.55. The summed E-state index contributed by atoms with van der Waals surface area (Å²) in [6, 6.07) is 15.7. The zero-order valence-electron chi connectivity index (χ0n) is 15.8. The molecular formula is C21H18FN5OS. The SMILES string of the molecule is C[C@@H](Sc1nncn1C)c1ccc(F)c(NC(=O)c2ccc3ccccc3n2)c1. The number of hydrogen-bond acceptors (Lipinski definition) is 5. The van der Waals surface area contributed by atoms with E-state index >= 15 is 0 Å². The summed E-state index contributed by atoms with van der Waals surface area (Å²) in [5, 5.41) is 12.2. The van der Waals surface area contributed by atoms with Crippen molar-refractivity contribution in [2.75, 3.05) is 5.32 Å². The number of nitrogens with zero attached hydrogens (tertiary/aromatic N) is 4. The molecule has 146 valence electrons. The van der Waals surface area contributed by atoms with Crippen LogP contribution in [0.5, 0.6) is 0 Å². The van der Waals surface area contributed by atoms with Crippen molar-refractivity contribution in [1.29, 1.82) is 0 Å². The first-order chi connectivity index (χ1) is 14.0. The van der Waals surface area contributed by atoms with Crippen molar-refractivity contribution in [3.8, 4) is 0 Å². The Hall–Kier alpha value is -3.26. The fourth-order valence-corrected chi connectivity index (χ4v) is 3.78. The number of thioether (sulfide) groups is 1. The lowest BCUT2D eigenvalue weighted by atomic mass is 10.1. The van der Waals surface area contributed by atoms with Crippen molar-refractivity contribution in [2.24, 2.45) is 7.05 Å². The molecule has 0 aliphatic carbocycles. The average molecular weight is 407 g/mol. The van der Waals surface area contributed by atoms with Gasteiger partial charge in [-0.3, -0.25) is 4.79 Å². The van der Waals surface area contributed by atoms with Gasteiger partial charge in [-0.15, -0.1) is 10.2 Å². The molecule has 0 bridgehead atoms. The van der Waals surface area contributed by atoms with Gasteiger partial charge in [0, 0.05) is 17.7 Å². The number of pyridine rings is 1. The number of amides is 1. The molecule has 2 heterocycles. The van der Waals surface area contributed by atoms with E-state index in [2.05, 4.69) is 20.5 Å². The second-order valence-corrected chi connectivity index (χ2v) is 7.88. The maximum Gasteiger partial charge on any atom is 0.274 e. The Morgan fingerprint density at radius 1 is 1.17 bits per heavy atom. The Morgan fingerprint density at radius 3 is 2.79 bits per heavy atom. The van der Waals surface area contributed by atoms with Crippen LogP contribution in [-0.4, -0.2) is 25.7 Å². The topological polar surface area (TPSA) is 72.7 Å². The minimum Gasteiger partial charge on any atom is -0.318 e. The highest BCUT2D eigenvalue weighted by Crippen LogP contribution is 2.34. The van der Waals surface area contributed by atoms with Crippen molar-refractivity contribution in [3.63, 3.8) is 0 Å². The van der Waals surface area contributed by atoms with Crippen LogP contribution >= 0.6 is 11.8 Å². The van der Waals surface area contributed by atoms with E-state index in [-0.39, 0.29) is 16.6 Å². The number of hydrogen-bond donors (Lipinski definition) is 1. The Morgan fingerprint density at radius 2 is 2.00 bits per heavy atom. The summed E-state index contributed by atoms with van der Waals surface area (Å²) in [5.74, 6) is -0.959. The van der Waals surface area contributed by atoms with Crippen LogP contribution in [0.1, 0.15) is 28.2 Å². The number of aromatic nitrogens is 4. The summed E-state index contributed by atoms with van der Waals surface area (Å²) < 4.78 is 16.2. The standard InChI is InChI=1S/C21H18FN5OS/c1-13(29-21-26-23-12-27(21)2)15-7-9-16(22)19(11-15)25-20(28)18-10-8-14-5-3-4-6-17(14)24-18/h3-13H,1-2H3,(H,25,28)/t13-/m1/s1. The zero-order chi connectivity index (χ0) is 20.4. The average Bonchev–Trinajstić information content (AvgIpc) is 3.13. The molecule has 6 nitrogen and oxygen atoms in total. The smallest absolute Gasteiger partial charge is 0.274 e. The molecule has 1 N–H and O–H groups in total. The molecule has 1 atom stereocenters. The first-order valence-electron chi connectivity index (χ1n) is 8.98. The van der Waals surface area contributed by atoms with Gasteiger partial charge in [-0.05, 0) is 36.8 Å². The molecule has 4 aromatic rings. The number of aryl methyl sites for hydroxylation is 1. The molecular weight excluding hydrogens is 389 g/mol. The molecule has 0 aliphatic heterocycles. The van der Waals surface area contributed by atoms with Crippen molar-refractivity contribution in [3.05, 3.63) is 78.0 Å². The number of anilines is 1. The van der Waals surface area contributed by atoms with Gasteiger partial charge in [-0.25, -0.2) is 9.37 Å². The first kappa shape index (κ1) is 19.1. The highest BCUT2D eigenvalue weighted by Gasteiger charge is 2.16. The van der Waals surface area contributed by atoms with Crippen LogP contribution < -0.4 is 5.32 Å². The monoisotopic (exact) mass is 407 g/mol. The van der Waals surface area contributed by atoms with Crippen molar-refractivity contribution in [2.45, 2.75) is 17.3 Å². The van der Waals surface area contributed by atoms with E-state index in [4.69, 9.17) is 0 Å². The van der Waals surface area contributed by atoms with Gasteiger partial charge in [0.05, 0.1) is 11.2 Å². The van der Waals surface area contributed by atoms with E-state index in [0.29, 0.717) is 5.52 Å². The third-order valence-electron chi connectivity index (χ3n) is 4.49. The van der Waals surface area contributed by atoms with E-state index in [1.54, 1.807) is 24.5 Å². The molecule has 0 radical (unpaired) electrons.